The summed E-state index contributed by atoms with van der Waals surface area (Å²) >= 11 is 0. The number of carbonyl (C=O) groups is 1. The van der Waals surface area contributed by atoms with Gasteiger partial charge in [-0.25, -0.2) is 9.97 Å². The van der Waals surface area contributed by atoms with E-state index in [2.05, 4.69) is 15.3 Å². The number of rotatable bonds is 5. The first kappa shape index (κ1) is 22.3. The second-order valence-corrected chi connectivity index (χ2v) is 6.57. The van der Waals surface area contributed by atoms with Gasteiger partial charge in [0, 0.05) is 18.3 Å². The number of amides is 1. The number of halogens is 6. The molecular weight excluding hydrogens is 424 g/mol. The smallest absolute Gasteiger partial charge is 0.352 e. The van der Waals surface area contributed by atoms with E-state index in [1.54, 1.807) is 30.3 Å². The van der Waals surface area contributed by atoms with Crippen LogP contribution < -0.4 is 5.32 Å². The lowest BCUT2D eigenvalue weighted by Crippen LogP contribution is -2.27. The van der Waals surface area contributed by atoms with Gasteiger partial charge in [-0.1, -0.05) is 30.3 Å². The number of aromatic nitrogens is 2. The molecule has 1 heterocycles. The molecule has 0 saturated heterocycles. The molecule has 1 aromatic heterocycles. The lowest BCUT2D eigenvalue weighted by Gasteiger charge is -2.14. The van der Waals surface area contributed by atoms with Crippen LogP contribution in [0.1, 0.15) is 27.0 Å². The molecule has 2 aromatic carbocycles. The molecule has 3 aromatic rings. The van der Waals surface area contributed by atoms with Crippen LogP contribution in [0.2, 0.25) is 0 Å². The van der Waals surface area contributed by atoms with E-state index >= 15 is 0 Å². The SMILES string of the molecule is O=C(NCCc1cc(C(F)(F)F)cc(C(F)(F)F)c1)c1cncnc1-c1ccccc1. The molecule has 1 N–H and O–H groups in total. The van der Waals surface area contributed by atoms with Crippen LogP contribution in [0.25, 0.3) is 11.3 Å². The normalized spacial score (nSPS) is 11.9. The van der Waals surface area contributed by atoms with E-state index in [0.717, 1.165) is 0 Å². The monoisotopic (exact) mass is 439 g/mol. The van der Waals surface area contributed by atoms with Crippen LogP contribution in [-0.2, 0) is 18.8 Å². The van der Waals surface area contributed by atoms with Gasteiger partial charge in [0.05, 0.1) is 22.4 Å². The summed E-state index contributed by atoms with van der Waals surface area (Å²) in [5.74, 6) is -0.595. The van der Waals surface area contributed by atoms with E-state index in [1.807, 2.05) is 0 Å². The van der Waals surface area contributed by atoms with Crippen molar-refractivity contribution in [3.63, 3.8) is 0 Å². The lowest BCUT2D eigenvalue weighted by atomic mass is 10.0. The summed E-state index contributed by atoms with van der Waals surface area (Å²) in [6.07, 6.45) is -7.53. The number of hydrogen-bond acceptors (Lipinski definition) is 3. The molecule has 10 heteroatoms. The molecule has 0 aliphatic carbocycles. The van der Waals surface area contributed by atoms with Crippen LogP contribution in [0, 0.1) is 0 Å². The van der Waals surface area contributed by atoms with Crippen molar-refractivity contribution >= 4 is 5.91 Å². The second kappa shape index (κ2) is 8.75. The van der Waals surface area contributed by atoms with Gasteiger partial charge in [0.15, 0.2) is 0 Å². The van der Waals surface area contributed by atoms with Gasteiger partial charge in [-0.2, -0.15) is 26.3 Å². The molecule has 0 bridgehead atoms. The maximum atomic E-state index is 13.0. The maximum Gasteiger partial charge on any atom is 0.416 e. The quantitative estimate of drug-likeness (QED) is 0.560. The summed E-state index contributed by atoms with van der Waals surface area (Å²) in [7, 11) is 0. The van der Waals surface area contributed by atoms with Crippen molar-refractivity contribution < 1.29 is 31.1 Å². The van der Waals surface area contributed by atoms with Gasteiger partial charge in [-0.05, 0) is 30.2 Å². The highest BCUT2D eigenvalue weighted by Crippen LogP contribution is 2.36. The van der Waals surface area contributed by atoms with Crippen molar-refractivity contribution in [1.29, 1.82) is 0 Å². The van der Waals surface area contributed by atoms with E-state index in [-0.39, 0.29) is 30.2 Å². The molecule has 0 aliphatic heterocycles. The molecule has 1 amide bonds. The minimum atomic E-state index is -4.93. The molecular formula is C21H15F6N3O. The Morgan fingerprint density at radius 1 is 0.903 bits per heavy atom. The minimum Gasteiger partial charge on any atom is -0.352 e. The summed E-state index contributed by atoms with van der Waals surface area (Å²) in [6.45, 7) is -0.180. The highest BCUT2D eigenvalue weighted by atomic mass is 19.4. The Balaban J connectivity index is 1.76. The van der Waals surface area contributed by atoms with E-state index in [4.69, 9.17) is 0 Å². The third-order valence-corrected chi connectivity index (χ3v) is 4.35. The van der Waals surface area contributed by atoms with E-state index in [9.17, 15) is 31.1 Å². The molecule has 4 nitrogen and oxygen atoms in total. The zero-order chi connectivity index (χ0) is 22.6. The van der Waals surface area contributed by atoms with Crippen LogP contribution in [0.5, 0.6) is 0 Å². The average Bonchev–Trinajstić information content (AvgIpc) is 2.73. The standard InChI is InChI=1S/C21H15F6N3O/c22-20(23,24)15-8-13(9-16(10-15)21(25,26)27)6-7-29-19(31)17-11-28-12-30-18(17)14-4-2-1-3-5-14/h1-5,8-12H,6-7H2,(H,29,31). The lowest BCUT2D eigenvalue weighted by molar-refractivity contribution is -0.143. The third-order valence-electron chi connectivity index (χ3n) is 4.35. The maximum absolute atomic E-state index is 13.0. The number of nitrogens with one attached hydrogen (secondary N) is 1. The van der Waals surface area contributed by atoms with Crippen LogP contribution in [0.3, 0.4) is 0 Å². The predicted octanol–water partition coefficient (Wildman–Crippen LogP) is 5.15. The minimum absolute atomic E-state index is 0.0650. The molecule has 31 heavy (non-hydrogen) atoms. The predicted molar refractivity (Wildman–Crippen MR) is 100.0 cm³/mol. The van der Waals surface area contributed by atoms with Gasteiger partial charge in [-0.15, -0.1) is 0 Å². The molecule has 162 valence electrons. The first-order valence-electron chi connectivity index (χ1n) is 8.97. The van der Waals surface area contributed by atoms with Gasteiger partial charge < -0.3 is 5.32 Å². The van der Waals surface area contributed by atoms with Crippen molar-refractivity contribution in [3.8, 4) is 11.3 Å². The third kappa shape index (κ3) is 5.59. The van der Waals surface area contributed by atoms with Crippen molar-refractivity contribution in [2.45, 2.75) is 18.8 Å². The number of alkyl halides is 6. The molecule has 0 saturated carbocycles. The zero-order valence-corrected chi connectivity index (χ0v) is 15.8. The Kier molecular flexibility index (Phi) is 6.28. The Morgan fingerprint density at radius 2 is 1.52 bits per heavy atom. The average molecular weight is 439 g/mol. The van der Waals surface area contributed by atoms with Gasteiger partial charge in [0.2, 0.25) is 0 Å². The fourth-order valence-electron chi connectivity index (χ4n) is 2.90. The summed E-state index contributed by atoms with van der Waals surface area (Å²) in [4.78, 5) is 20.4. The fourth-order valence-corrected chi connectivity index (χ4v) is 2.90. The first-order valence-corrected chi connectivity index (χ1v) is 8.97. The molecule has 3 rings (SSSR count). The molecule has 0 fully saturated rings. The zero-order valence-electron chi connectivity index (χ0n) is 15.8. The number of hydrogen-bond donors (Lipinski definition) is 1. The van der Waals surface area contributed by atoms with Crippen molar-refractivity contribution in [3.05, 3.63) is 83.3 Å². The summed E-state index contributed by atoms with van der Waals surface area (Å²) in [5, 5.41) is 2.49. The molecule has 0 radical (unpaired) electrons. The largest absolute Gasteiger partial charge is 0.416 e. The summed E-state index contributed by atoms with van der Waals surface area (Å²) in [5.41, 5.74) is -1.85. The van der Waals surface area contributed by atoms with Crippen LogP contribution in [0.15, 0.2) is 61.1 Å². The Morgan fingerprint density at radius 3 is 2.10 bits per heavy atom. The van der Waals surface area contributed by atoms with Gasteiger partial charge in [0.1, 0.15) is 6.33 Å². The Hall–Kier alpha value is -3.43. The van der Waals surface area contributed by atoms with Crippen molar-refractivity contribution in [2.24, 2.45) is 0 Å². The molecule has 0 unspecified atom stereocenters. The van der Waals surface area contributed by atoms with Gasteiger partial charge in [-0.3, -0.25) is 4.79 Å². The summed E-state index contributed by atoms with van der Waals surface area (Å²) < 4.78 is 77.8. The van der Waals surface area contributed by atoms with Gasteiger partial charge in [0.25, 0.3) is 5.91 Å². The fraction of sp³-hybridized carbons (Fsp3) is 0.190. The van der Waals surface area contributed by atoms with E-state index in [1.165, 1.54) is 12.5 Å². The highest BCUT2D eigenvalue weighted by molar-refractivity contribution is 5.99. The van der Waals surface area contributed by atoms with Crippen molar-refractivity contribution in [2.75, 3.05) is 6.54 Å². The number of nitrogens with zero attached hydrogens (tertiary/aromatic N) is 2. The second-order valence-electron chi connectivity index (χ2n) is 6.57. The van der Waals surface area contributed by atoms with Crippen molar-refractivity contribution in [1.82, 2.24) is 15.3 Å². The highest BCUT2D eigenvalue weighted by Gasteiger charge is 2.36. The number of benzene rings is 2. The molecule has 0 aliphatic rings. The van der Waals surface area contributed by atoms with E-state index < -0.39 is 29.4 Å². The van der Waals surface area contributed by atoms with Crippen LogP contribution >= 0.6 is 0 Å². The van der Waals surface area contributed by atoms with Crippen LogP contribution in [-0.4, -0.2) is 22.4 Å². The Bertz CT molecular complexity index is 1030. The van der Waals surface area contributed by atoms with Crippen LogP contribution in [0.4, 0.5) is 26.3 Å². The van der Waals surface area contributed by atoms with Gasteiger partial charge >= 0.3 is 12.4 Å². The number of carbonyl (C=O) groups excluding carboxylic acids is 1. The van der Waals surface area contributed by atoms with E-state index in [0.29, 0.717) is 23.4 Å². The molecule has 0 atom stereocenters. The first-order chi connectivity index (χ1) is 14.6. The summed E-state index contributed by atoms with van der Waals surface area (Å²) in [6, 6.07) is 10.1. The topological polar surface area (TPSA) is 54.9 Å². The molecule has 0 spiro atoms. The Labute approximate surface area is 173 Å².